The summed E-state index contributed by atoms with van der Waals surface area (Å²) in [5, 5.41) is 1.02. The first-order chi connectivity index (χ1) is 5.35. The number of halogens is 1. The van der Waals surface area contributed by atoms with E-state index in [-0.39, 0.29) is 0 Å². The minimum Gasteiger partial charge on any atom is -0.377 e. The molecule has 0 aromatic carbocycles. The molecule has 1 heterocycles. The van der Waals surface area contributed by atoms with E-state index in [1.807, 2.05) is 0 Å². The number of alkyl halides is 1. The molecule has 0 amide bonds. The third kappa shape index (κ3) is 1.48. The van der Waals surface area contributed by atoms with Crippen LogP contribution < -0.4 is 0 Å². The zero-order chi connectivity index (χ0) is 7.73. The van der Waals surface area contributed by atoms with E-state index in [0.717, 1.165) is 11.9 Å². The summed E-state index contributed by atoms with van der Waals surface area (Å²) in [6.07, 6.45) is 7.50. The molecular formula is C9H15BrO. The van der Waals surface area contributed by atoms with Crippen LogP contribution in [0.4, 0.5) is 0 Å². The van der Waals surface area contributed by atoms with Crippen LogP contribution in [0.15, 0.2) is 0 Å². The number of hydrogen-bond acceptors (Lipinski definition) is 1. The average Bonchev–Trinajstić information content (AvgIpc) is 2.62. The molecule has 1 spiro atoms. The van der Waals surface area contributed by atoms with Crippen molar-refractivity contribution in [3.8, 4) is 0 Å². The Morgan fingerprint density at radius 3 is 2.64 bits per heavy atom. The second kappa shape index (κ2) is 3.06. The van der Waals surface area contributed by atoms with Gasteiger partial charge < -0.3 is 4.74 Å². The van der Waals surface area contributed by atoms with Crippen molar-refractivity contribution in [2.75, 3.05) is 11.9 Å². The van der Waals surface area contributed by atoms with Gasteiger partial charge in [0.05, 0.1) is 12.7 Å². The SMILES string of the molecule is BrC[C@@H]1CC2(CCCC2)CO1. The Bertz CT molecular complexity index is 140. The van der Waals surface area contributed by atoms with Gasteiger partial charge in [-0.1, -0.05) is 28.8 Å². The zero-order valence-corrected chi connectivity index (χ0v) is 8.40. The highest BCUT2D eigenvalue weighted by atomic mass is 79.9. The highest BCUT2D eigenvalue weighted by Crippen LogP contribution is 2.46. The molecule has 0 aromatic heterocycles. The van der Waals surface area contributed by atoms with Gasteiger partial charge in [-0.15, -0.1) is 0 Å². The van der Waals surface area contributed by atoms with Crippen molar-refractivity contribution in [3.63, 3.8) is 0 Å². The highest BCUT2D eigenvalue weighted by Gasteiger charge is 2.41. The fraction of sp³-hybridized carbons (Fsp3) is 1.00. The van der Waals surface area contributed by atoms with E-state index in [9.17, 15) is 0 Å². The first-order valence-electron chi connectivity index (χ1n) is 4.52. The first kappa shape index (κ1) is 8.06. The maximum absolute atomic E-state index is 5.69. The van der Waals surface area contributed by atoms with Crippen molar-refractivity contribution < 1.29 is 4.74 Å². The van der Waals surface area contributed by atoms with Crippen LogP contribution in [0.2, 0.25) is 0 Å². The van der Waals surface area contributed by atoms with E-state index in [1.54, 1.807) is 0 Å². The number of hydrogen-bond donors (Lipinski definition) is 0. The topological polar surface area (TPSA) is 9.23 Å². The van der Waals surface area contributed by atoms with Gasteiger partial charge in [-0.3, -0.25) is 0 Å². The van der Waals surface area contributed by atoms with Gasteiger partial charge in [0.2, 0.25) is 0 Å². The number of ether oxygens (including phenoxy) is 1. The predicted molar refractivity (Wildman–Crippen MR) is 49.1 cm³/mol. The van der Waals surface area contributed by atoms with Crippen LogP contribution in [0.3, 0.4) is 0 Å². The zero-order valence-electron chi connectivity index (χ0n) is 6.81. The Morgan fingerprint density at radius 1 is 1.36 bits per heavy atom. The molecule has 2 aliphatic rings. The standard InChI is InChI=1S/C9H15BrO/c10-6-8-5-9(7-11-8)3-1-2-4-9/h8H,1-7H2/t8-/m0/s1. The lowest BCUT2D eigenvalue weighted by Crippen LogP contribution is -2.16. The molecule has 1 saturated carbocycles. The molecule has 2 rings (SSSR count). The normalized spacial score (nSPS) is 35.2. The van der Waals surface area contributed by atoms with Crippen molar-refractivity contribution >= 4 is 15.9 Å². The molecule has 1 atom stereocenters. The molecule has 0 bridgehead atoms. The third-order valence-electron chi connectivity index (χ3n) is 3.12. The largest absolute Gasteiger partial charge is 0.377 e. The van der Waals surface area contributed by atoms with Gasteiger partial charge in [0, 0.05) is 5.33 Å². The molecule has 0 radical (unpaired) electrons. The van der Waals surface area contributed by atoms with Crippen LogP contribution >= 0.6 is 15.9 Å². The summed E-state index contributed by atoms with van der Waals surface area (Å²) >= 11 is 3.48. The number of rotatable bonds is 1. The minimum absolute atomic E-state index is 0.507. The first-order valence-corrected chi connectivity index (χ1v) is 5.64. The molecule has 1 aliphatic heterocycles. The Labute approximate surface area is 76.6 Å². The molecule has 0 unspecified atom stereocenters. The smallest absolute Gasteiger partial charge is 0.0678 e. The van der Waals surface area contributed by atoms with Crippen LogP contribution in [0.25, 0.3) is 0 Å². The van der Waals surface area contributed by atoms with Crippen molar-refractivity contribution in [1.82, 2.24) is 0 Å². The summed E-state index contributed by atoms with van der Waals surface area (Å²) in [6.45, 7) is 1.03. The molecule has 11 heavy (non-hydrogen) atoms. The lowest BCUT2D eigenvalue weighted by molar-refractivity contribution is 0.110. The van der Waals surface area contributed by atoms with E-state index in [2.05, 4.69) is 15.9 Å². The Morgan fingerprint density at radius 2 is 2.09 bits per heavy atom. The van der Waals surface area contributed by atoms with Gasteiger partial charge in [0.1, 0.15) is 0 Å². The van der Waals surface area contributed by atoms with E-state index >= 15 is 0 Å². The Kier molecular flexibility index (Phi) is 2.24. The lowest BCUT2D eigenvalue weighted by Gasteiger charge is -2.19. The quantitative estimate of drug-likeness (QED) is 0.616. The summed E-state index contributed by atoms with van der Waals surface area (Å²) in [5.41, 5.74) is 0.610. The average molecular weight is 219 g/mol. The van der Waals surface area contributed by atoms with Gasteiger partial charge in [-0.2, -0.15) is 0 Å². The molecule has 0 N–H and O–H groups in total. The van der Waals surface area contributed by atoms with Crippen molar-refractivity contribution in [2.24, 2.45) is 5.41 Å². The predicted octanol–water partition coefficient (Wildman–Crippen LogP) is 2.73. The van der Waals surface area contributed by atoms with E-state index in [1.165, 1.54) is 32.1 Å². The fourth-order valence-corrected chi connectivity index (χ4v) is 2.88. The van der Waals surface area contributed by atoms with Crippen molar-refractivity contribution in [1.29, 1.82) is 0 Å². The maximum atomic E-state index is 5.69. The van der Waals surface area contributed by atoms with Gasteiger partial charge in [-0.25, -0.2) is 0 Å². The molecule has 1 nitrogen and oxygen atoms in total. The summed E-state index contributed by atoms with van der Waals surface area (Å²) < 4.78 is 5.69. The van der Waals surface area contributed by atoms with E-state index < -0.39 is 0 Å². The van der Waals surface area contributed by atoms with Gasteiger partial charge in [0.15, 0.2) is 0 Å². The fourth-order valence-electron chi connectivity index (χ4n) is 2.47. The van der Waals surface area contributed by atoms with Gasteiger partial charge >= 0.3 is 0 Å². The molecular weight excluding hydrogens is 204 g/mol. The summed E-state index contributed by atoms with van der Waals surface area (Å²) in [6, 6.07) is 0. The molecule has 2 fully saturated rings. The highest BCUT2D eigenvalue weighted by molar-refractivity contribution is 9.09. The van der Waals surface area contributed by atoms with E-state index in [0.29, 0.717) is 11.5 Å². The van der Waals surface area contributed by atoms with Crippen LogP contribution in [-0.4, -0.2) is 18.0 Å². The van der Waals surface area contributed by atoms with Crippen LogP contribution in [0.5, 0.6) is 0 Å². The summed E-state index contributed by atoms with van der Waals surface area (Å²) in [4.78, 5) is 0. The molecule has 64 valence electrons. The Balaban J connectivity index is 1.96. The molecule has 1 saturated heterocycles. The second-order valence-electron chi connectivity index (χ2n) is 4.00. The summed E-state index contributed by atoms with van der Waals surface area (Å²) in [5.74, 6) is 0. The molecule has 2 heteroatoms. The maximum Gasteiger partial charge on any atom is 0.0678 e. The molecule has 0 aromatic rings. The molecule has 1 aliphatic carbocycles. The minimum atomic E-state index is 0.507. The van der Waals surface area contributed by atoms with Crippen molar-refractivity contribution in [2.45, 2.75) is 38.2 Å². The van der Waals surface area contributed by atoms with Crippen molar-refractivity contribution in [3.05, 3.63) is 0 Å². The lowest BCUT2D eigenvalue weighted by atomic mass is 9.84. The van der Waals surface area contributed by atoms with Gasteiger partial charge in [-0.05, 0) is 24.7 Å². The monoisotopic (exact) mass is 218 g/mol. The van der Waals surface area contributed by atoms with E-state index in [4.69, 9.17) is 4.74 Å². The van der Waals surface area contributed by atoms with Crippen LogP contribution in [-0.2, 0) is 4.74 Å². The van der Waals surface area contributed by atoms with Crippen LogP contribution in [0.1, 0.15) is 32.1 Å². The third-order valence-corrected chi connectivity index (χ3v) is 3.84. The second-order valence-corrected chi connectivity index (χ2v) is 4.65. The summed E-state index contributed by atoms with van der Waals surface area (Å²) in [7, 11) is 0. The van der Waals surface area contributed by atoms with Crippen LogP contribution in [0, 0.1) is 5.41 Å². The van der Waals surface area contributed by atoms with Gasteiger partial charge in [0.25, 0.3) is 0 Å². The Hall–Kier alpha value is 0.440.